The van der Waals surface area contributed by atoms with Crippen molar-refractivity contribution in [1.82, 2.24) is 10.6 Å². The van der Waals surface area contributed by atoms with Crippen molar-refractivity contribution in [3.8, 4) is 0 Å². The van der Waals surface area contributed by atoms with Crippen molar-refractivity contribution < 1.29 is 0 Å². The van der Waals surface area contributed by atoms with Crippen LogP contribution in [0.4, 0.5) is 0 Å². The predicted molar refractivity (Wildman–Crippen MR) is 80.1 cm³/mol. The maximum absolute atomic E-state index is 5.68. The third-order valence-electron chi connectivity index (χ3n) is 2.86. The lowest BCUT2D eigenvalue weighted by Crippen LogP contribution is -2.22. The van der Waals surface area contributed by atoms with Gasteiger partial charge < -0.3 is 22.1 Å². The van der Waals surface area contributed by atoms with Crippen LogP contribution in [0, 0.1) is 0 Å². The number of hydrogen-bond donors (Lipinski definition) is 4. The zero-order chi connectivity index (χ0) is 13.6. The Morgan fingerprint density at radius 2 is 1.17 bits per heavy atom. The molecule has 0 radical (unpaired) electrons. The Morgan fingerprint density at radius 1 is 0.778 bits per heavy atom. The van der Waals surface area contributed by atoms with Crippen molar-refractivity contribution in [2.45, 2.75) is 39.5 Å². The number of unbranched alkanes of at least 4 members (excludes halogenated alkanes) is 3. The van der Waals surface area contributed by atoms with E-state index in [2.05, 4.69) is 10.6 Å². The van der Waals surface area contributed by atoms with Crippen LogP contribution in [0.3, 0.4) is 0 Å². The van der Waals surface area contributed by atoms with E-state index in [0.29, 0.717) is 0 Å². The lowest BCUT2D eigenvalue weighted by Gasteiger charge is -2.06. The summed E-state index contributed by atoms with van der Waals surface area (Å²) in [6.07, 6.45) is 8.85. The SMILES string of the molecule is C/C=C(\N)CNCCCCCCNC/C(N)=C/C. The average Bonchev–Trinajstić information content (AvgIpc) is 2.40. The Balaban J connectivity index is 3.12. The molecule has 0 aromatic carbocycles. The molecule has 0 bridgehead atoms. The molecule has 0 rings (SSSR count). The van der Waals surface area contributed by atoms with Crippen LogP contribution >= 0.6 is 0 Å². The van der Waals surface area contributed by atoms with Gasteiger partial charge in [0, 0.05) is 24.5 Å². The molecule has 0 spiro atoms. The van der Waals surface area contributed by atoms with Crippen LogP contribution < -0.4 is 22.1 Å². The van der Waals surface area contributed by atoms with Gasteiger partial charge in [-0.25, -0.2) is 0 Å². The van der Waals surface area contributed by atoms with Crippen LogP contribution in [-0.2, 0) is 0 Å². The molecule has 18 heavy (non-hydrogen) atoms. The van der Waals surface area contributed by atoms with Crippen molar-refractivity contribution in [3.05, 3.63) is 23.5 Å². The molecule has 6 N–H and O–H groups in total. The van der Waals surface area contributed by atoms with Gasteiger partial charge in [-0.15, -0.1) is 0 Å². The summed E-state index contributed by atoms with van der Waals surface area (Å²) < 4.78 is 0. The molecule has 0 atom stereocenters. The maximum atomic E-state index is 5.68. The van der Waals surface area contributed by atoms with Crippen molar-refractivity contribution >= 4 is 0 Å². The Bertz CT molecular complexity index is 220. The molecular formula is C14H30N4. The molecule has 4 nitrogen and oxygen atoms in total. The first kappa shape index (κ1) is 17.0. The normalized spacial score (nSPS) is 13.0. The molecule has 0 aliphatic heterocycles. The Hall–Kier alpha value is -1.00. The van der Waals surface area contributed by atoms with E-state index >= 15 is 0 Å². The van der Waals surface area contributed by atoms with Crippen LogP contribution in [0.5, 0.6) is 0 Å². The van der Waals surface area contributed by atoms with Crippen molar-refractivity contribution in [2.75, 3.05) is 26.2 Å². The van der Waals surface area contributed by atoms with Gasteiger partial charge in [-0.05, 0) is 39.8 Å². The van der Waals surface area contributed by atoms with E-state index in [1.807, 2.05) is 26.0 Å². The lowest BCUT2D eigenvalue weighted by atomic mass is 10.2. The summed E-state index contributed by atoms with van der Waals surface area (Å²) in [6, 6.07) is 0. The molecule has 0 aliphatic carbocycles. The molecule has 0 saturated carbocycles. The zero-order valence-electron chi connectivity index (χ0n) is 12.0. The molecule has 106 valence electrons. The molecular weight excluding hydrogens is 224 g/mol. The molecule has 0 aliphatic rings. The van der Waals surface area contributed by atoms with E-state index in [0.717, 1.165) is 37.6 Å². The van der Waals surface area contributed by atoms with Gasteiger partial charge in [-0.3, -0.25) is 0 Å². The minimum atomic E-state index is 0.806. The van der Waals surface area contributed by atoms with Gasteiger partial charge in [0.05, 0.1) is 0 Å². The molecule has 4 heteroatoms. The quantitative estimate of drug-likeness (QED) is 0.421. The summed E-state index contributed by atoms with van der Waals surface area (Å²) >= 11 is 0. The Morgan fingerprint density at radius 3 is 1.50 bits per heavy atom. The zero-order valence-corrected chi connectivity index (χ0v) is 12.0. The summed E-state index contributed by atoms with van der Waals surface area (Å²) in [6.45, 7) is 7.64. The van der Waals surface area contributed by atoms with Crippen LogP contribution in [0.25, 0.3) is 0 Å². The molecule has 0 heterocycles. The highest BCUT2D eigenvalue weighted by Crippen LogP contribution is 1.98. The minimum Gasteiger partial charge on any atom is -0.401 e. The summed E-state index contributed by atoms with van der Waals surface area (Å²) in [4.78, 5) is 0. The second kappa shape index (κ2) is 12.5. The van der Waals surface area contributed by atoms with Gasteiger partial charge in [-0.1, -0.05) is 25.0 Å². The first-order valence-electron chi connectivity index (χ1n) is 6.93. The minimum absolute atomic E-state index is 0.806. The second-order valence-corrected chi connectivity index (χ2v) is 4.49. The molecule has 0 aromatic heterocycles. The predicted octanol–water partition coefficient (Wildman–Crippen LogP) is 1.45. The summed E-state index contributed by atoms with van der Waals surface area (Å²) in [7, 11) is 0. The van der Waals surface area contributed by atoms with Crippen LogP contribution in [0.1, 0.15) is 39.5 Å². The summed E-state index contributed by atoms with van der Waals surface area (Å²) in [5.74, 6) is 0. The van der Waals surface area contributed by atoms with Gasteiger partial charge in [-0.2, -0.15) is 0 Å². The number of rotatable bonds is 11. The fourth-order valence-electron chi connectivity index (χ4n) is 1.52. The standard InChI is InChI=1S/C14H30N4/c1-3-13(15)11-17-9-7-5-6-8-10-18-12-14(16)4-2/h3-4,17-18H,5-12,15-16H2,1-2H3/b13-3-,14-4-. The molecule has 0 aromatic rings. The van der Waals surface area contributed by atoms with Gasteiger partial charge in [0.1, 0.15) is 0 Å². The summed E-state index contributed by atoms with van der Waals surface area (Å²) in [5.41, 5.74) is 13.2. The molecule has 0 amide bonds. The third kappa shape index (κ3) is 11.5. The van der Waals surface area contributed by atoms with E-state index in [-0.39, 0.29) is 0 Å². The van der Waals surface area contributed by atoms with E-state index in [1.165, 1.54) is 25.7 Å². The number of allylic oxidation sites excluding steroid dienone is 2. The topological polar surface area (TPSA) is 76.1 Å². The number of nitrogens with one attached hydrogen (secondary N) is 2. The Labute approximate surface area is 112 Å². The van der Waals surface area contributed by atoms with Crippen LogP contribution in [0.15, 0.2) is 23.5 Å². The molecule has 0 fully saturated rings. The molecule has 0 saturated heterocycles. The van der Waals surface area contributed by atoms with E-state index in [1.54, 1.807) is 0 Å². The van der Waals surface area contributed by atoms with Crippen molar-refractivity contribution in [3.63, 3.8) is 0 Å². The van der Waals surface area contributed by atoms with Gasteiger partial charge >= 0.3 is 0 Å². The van der Waals surface area contributed by atoms with Gasteiger partial charge in [0.15, 0.2) is 0 Å². The largest absolute Gasteiger partial charge is 0.401 e. The monoisotopic (exact) mass is 254 g/mol. The van der Waals surface area contributed by atoms with E-state index < -0.39 is 0 Å². The van der Waals surface area contributed by atoms with Gasteiger partial charge in [0.25, 0.3) is 0 Å². The highest BCUT2D eigenvalue weighted by molar-refractivity contribution is 4.96. The summed E-state index contributed by atoms with van der Waals surface area (Å²) in [5, 5.41) is 6.66. The highest BCUT2D eigenvalue weighted by Gasteiger charge is 1.92. The first-order valence-corrected chi connectivity index (χ1v) is 6.93. The van der Waals surface area contributed by atoms with Gasteiger partial charge in [0.2, 0.25) is 0 Å². The lowest BCUT2D eigenvalue weighted by molar-refractivity contribution is 0.579. The van der Waals surface area contributed by atoms with Crippen molar-refractivity contribution in [1.29, 1.82) is 0 Å². The third-order valence-corrected chi connectivity index (χ3v) is 2.86. The number of nitrogens with two attached hydrogens (primary N) is 2. The van der Waals surface area contributed by atoms with Crippen LogP contribution in [-0.4, -0.2) is 26.2 Å². The average molecular weight is 254 g/mol. The van der Waals surface area contributed by atoms with Crippen LogP contribution in [0.2, 0.25) is 0 Å². The maximum Gasteiger partial charge on any atom is 0.0348 e. The fourth-order valence-corrected chi connectivity index (χ4v) is 1.52. The fraction of sp³-hybridized carbons (Fsp3) is 0.714. The smallest absolute Gasteiger partial charge is 0.0348 e. The first-order chi connectivity index (χ1) is 8.70. The molecule has 0 unspecified atom stereocenters. The van der Waals surface area contributed by atoms with Crippen molar-refractivity contribution in [2.24, 2.45) is 11.5 Å². The van der Waals surface area contributed by atoms with E-state index in [9.17, 15) is 0 Å². The Kier molecular flexibility index (Phi) is 11.8. The second-order valence-electron chi connectivity index (χ2n) is 4.49. The number of hydrogen-bond acceptors (Lipinski definition) is 4. The highest BCUT2D eigenvalue weighted by atomic mass is 14.9. The van der Waals surface area contributed by atoms with E-state index in [4.69, 9.17) is 11.5 Å².